The summed E-state index contributed by atoms with van der Waals surface area (Å²) < 4.78 is 5.47. The predicted molar refractivity (Wildman–Crippen MR) is 67.1 cm³/mol. The minimum atomic E-state index is 0.00335. The standard InChI is InChI=1S/C12H20N4O/c1-2-8-17-10-4-7-14-11(15-10)16-12(9-13)5-3-6-12/h4,7H,2-3,5-6,8-9,13H2,1H3,(H,14,15,16). The van der Waals surface area contributed by atoms with Crippen molar-refractivity contribution in [1.29, 1.82) is 0 Å². The summed E-state index contributed by atoms with van der Waals surface area (Å²) in [6.07, 6.45) is 6.08. The van der Waals surface area contributed by atoms with Gasteiger partial charge in [-0.25, -0.2) is 4.98 Å². The van der Waals surface area contributed by atoms with Crippen molar-refractivity contribution in [3.63, 3.8) is 0 Å². The zero-order valence-electron chi connectivity index (χ0n) is 10.3. The van der Waals surface area contributed by atoms with Gasteiger partial charge in [-0.05, 0) is 25.7 Å². The van der Waals surface area contributed by atoms with Gasteiger partial charge in [0, 0.05) is 18.8 Å². The van der Waals surface area contributed by atoms with E-state index in [4.69, 9.17) is 10.5 Å². The second-order valence-corrected chi connectivity index (χ2v) is 4.53. The topological polar surface area (TPSA) is 73.1 Å². The van der Waals surface area contributed by atoms with Crippen LogP contribution in [0, 0.1) is 0 Å². The number of hydrogen-bond donors (Lipinski definition) is 2. The lowest BCUT2D eigenvalue weighted by Crippen LogP contribution is -2.51. The molecule has 1 saturated carbocycles. The molecule has 0 amide bonds. The van der Waals surface area contributed by atoms with E-state index in [1.54, 1.807) is 12.3 Å². The third kappa shape index (κ3) is 2.85. The van der Waals surface area contributed by atoms with Crippen LogP contribution in [0.3, 0.4) is 0 Å². The first-order chi connectivity index (χ1) is 8.28. The maximum atomic E-state index is 5.79. The van der Waals surface area contributed by atoms with Crippen molar-refractivity contribution >= 4 is 5.95 Å². The molecule has 0 spiro atoms. The summed E-state index contributed by atoms with van der Waals surface area (Å²) in [6, 6.07) is 1.77. The number of nitrogens with one attached hydrogen (secondary N) is 1. The normalized spacial score (nSPS) is 17.3. The van der Waals surface area contributed by atoms with Crippen LogP contribution < -0.4 is 15.8 Å². The zero-order chi connectivity index (χ0) is 12.1. The van der Waals surface area contributed by atoms with E-state index in [2.05, 4.69) is 22.2 Å². The monoisotopic (exact) mass is 236 g/mol. The van der Waals surface area contributed by atoms with Crippen molar-refractivity contribution in [2.75, 3.05) is 18.5 Å². The van der Waals surface area contributed by atoms with E-state index in [0.717, 1.165) is 19.3 Å². The number of nitrogens with two attached hydrogens (primary N) is 1. The molecule has 0 saturated heterocycles. The van der Waals surface area contributed by atoms with Crippen LogP contribution in [-0.2, 0) is 0 Å². The Morgan fingerprint density at radius 2 is 2.35 bits per heavy atom. The molecule has 1 aliphatic carbocycles. The van der Waals surface area contributed by atoms with Gasteiger partial charge in [-0.2, -0.15) is 4.98 Å². The first kappa shape index (κ1) is 12.1. The molecule has 0 aliphatic heterocycles. The fourth-order valence-corrected chi connectivity index (χ4v) is 1.91. The van der Waals surface area contributed by atoms with Crippen molar-refractivity contribution in [3.8, 4) is 5.88 Å². The summed E-state index contributed by atoms with van der Waals surface area (Å²) in [6.45, 7) is 3.37. The van der Waals surface area contributed by atoms with E-state index in [1.165, 1.54) is 6.42 Å². The van der Waals surface area contributed by atoms with Crippen molar-refractivity contribution < 1.29 is 4.74 Å². The largest absolute Gasteiger partial charge is 0.478 e. The fourth-order valence-electron chi connectivity index (χ4n) is 1.91. The zero-order valence-corrected chi connectivity index (χ0v) is 10.3. The highest BCUT2D eigenvalue weighted by Crippen LogP contribution is 2.33. The lowest BCUT2D eigenvalue weighted by Gasteiger charge is -2.41. The van der Waals surface area contributed by atoms with Gasteiger partial charge in [0.1, 0.15) is 0 Å². The number of hydrogen-bond acceptors (Lipinski definition) is 5. The van der Waals surface area contributed by atoms with Crippen LogP contribution >= 0.6 is 0 Å². The highest BCUT2D eigenvalue weighted by molar-refractivity contribution is 5.33. The van der Waals surface area contributed by atoms with Gasteiger partial charge < -0.3 is 15.8 Å². The maximum absolute atomic E-state index is 5.79. The van der Waals surface area contributed by atoms with E-state index < -0.39 is 0 Å². The number of ether oxygens (including phenoxy) is 1. The van der Waals surface area contributed by atoms with Crippen molar-refractivity contribution in [3.05, 3.63) is 12.3 Å². The average molecular weight is 236 g/mol. The van der Waals surface area contributed by atoms with Crippen LogP contribution in [0.1, 0.15) is 32.6 Å². The van der Waals surface area contributed by atoms with Gasteiger partial charge in [-0.3, -0.25) is 0 Å². The molecule has 1 heterocycles. The third-order valence-electron chi connectivity index (χ3n) is 3.16. The van der Waals surface area contributed by atoms with Gasteiger partial charge in [0.25, 0.3) is 0 Å². The lowest BCUT2D eigenvalue weighted by molar-refractivity contribution is 0.283. The van der Waals surface area contributed by atoms with Crippen molar-refractivity contribution in [2.45, 2.75) is 38.1 Å². The molecule has 0 aromatic carbocycles. The summed E-state index contributed by atoms with van der Waals surface area (Å²) in [5.41, 5.74) is 5.79. The Hall–Kier alpha value is -1.36. The van der Waals surface area contributed by atoms with Gasteiger partial charge in [0.05, 0.1) is 12.1 Å². The first-order valence-electron chi connectivity index (χ1n) is 6.22. The summed E-state index contributed by atoms with van der Waals surface area (Å²) in [5.74, 6) is 1.24. The summed E-state index contributed by atoms with van der Waals surface area (Å²) in [4.78, 5) is 8.53. The molecule has 3 N–H and O–H groups in total. The highest BCUT2D eigenvalue weighted by atomic mass is 16.5. The van der Waals surface area contributed by atoms with Crippen molar-refractivity contribution in [1.82, 2.24) is 9.97 Å². The molecule has 5 nitrogen and oxygen atoms in total. The van der Waals surface area contributed by atoms with Gasteiger partial charge >= 0.3 is 0 Å². The van der Waals surface area contributed by atoms with E-state index in [9.17, 15) is 0 Å². The molecular formula is C12H20N4O. The van der Waals surface area contributed by atoms with E-state index in [-0.39, 0.29) is 5.54 Å². The number of nitrogens with zero attached hydrogens (tertiary/aromatic N) is 2. The summed E-state index contributed by atoms with van der Waals surface area (Å²) in [7, 11) is 0. The Balaban J connectivity index is 2.00. The smallest absolute Gasteiger partial charge is 0.226 e. The van der Waals surface area contributed by atoms with E-state index >= 15 is 0 Å². The van der Waals surface area contributed by atoms with Crippen molar-refractivity contribution in [2.24, 2.45) is 5.73 Å². The molecule has 1 aliphatic rings. The van der Waals surface area contributed by atoms with Crippen LogP contribution in [-0.4, -0.2) is 28.7 Å². The van der Waals surface area contributed by atoms with Gasteiger partial charge in [-0.15, -0.1) is 0 Å². The van der Waals surface area contributed by atoms with Gasteiger partial charge in [-0.1, -0.05) is 6.92 Å². The van der Waals surface area contributed by atoms with Crippen LogP contribution in [0.5, 0.6) is 5.88 Å². The molecule has 17 heavy (non-hydrogen) atoms. The number of rotatable bonds is 6. The first-order valence-corrected chi connectivity index (χ1v) is 6.22. The third-order valence-corrected chi connectivity index (χ3v) is 3.16. The van der Waals surface area contributed by atoms with Crippen LogP contribution in [0.25, 0.3) is 0 Å². The van der Waals surface area contributed by atoms with E-state index in [1.807, 2.05) is 0 Å². The number of aromatic nitrogens is 2. The molecule has 1 aromatic rings. The van der Waals surface area contributed by atoms with Crippen LogP contribution in [0.15, 0.2) is 12.3 Å². The van der Waals surface area contributed by atoms with Crippen LogP contribution in [0.2, 0.25) is 0 Å². The van der Waals surface area contributed by atoms with Gasteiger partial charge in [0.2, 0.25) is 11.8 Å². The van der Waals surface area contributed by atoms with Crippen LogP contribution in [0.4, 0.5) is 5.95 Å². The minimum absolute atomic E-state index is 0.00335. The molecule has 94 valence electrons. The Bertz CT molecular complexity index is 360. The summed E-state index contributed by atoms with van der Waals surface area (Å²) in [5, 5.41) is 3.33. The van der Waals surface area contributed by atoms with Gasteiger partial charge in [0.15, 0.2) is 0 Å². The Labute approximate surface area is 102 Å². The fraction of sp³-hybridized carbons (Fsp3) is 0.667. The second kappa shape index (κ2) is 5.31. The quantitative estimate of drug-likeness (QED) is 0.784. The lowest BCUT2D eigenvalue weighted by atomic mass is 9.77. The molecule has 1 fully saturated rings. The SMILES string of the molecule is CCCOc1ccnc(NC2(CN)CCC2)n1. The molecule has 0 unspecified atom stereocenters. The molecule has 0 bridgehead atoms. The molecule has 5 heteroatoms. The molecular weight excluding hydrogens is 216 g/mol. The second-order valence-electron chi connectivity index (χ2n) is 4.53. The molecule has 1 aromatic heterocycles. The Morgan fingerprint density at radius 1 is 1.53 bits per heavy atom. The average Bonchev–Trinajstić information content (AvgIpc) is 2.32. The predicted octanol–water partition coefficient (Wildman–Crippen LogP) is 1.56. The molecule has 0 atom stereocenters. The molecule has 2 rings (SSSR count). The maximum Gasteiger partial charge on any atom is 0.226 e. The highest BCUT2D eigenvalue weighted by Gasteiger charge is 2.36. The van der Waals surface area contributed by atoms with E-state index in [0.29, 0.717) is 25.0 Å². The summed E-state index contributed by atoms with van der Waals surface area (Å²) >= 11 is 0. The number of anilines is 1. The Morgan fingerprint density at radius 3 is 2.94 bits per heavy atom. The minimum Gasteiger partial charge on any atom is -0.478 e. The Kier molecular flexibility index (Phi) is 3.78. The molecule has 0 radical (unpaired) electrons.